The molecule has 90 valence electrons. The minimum Gasteiger partial charge on any atom is -0.464 e. The van der Waals surface area contributed by atoms with Crippen LogP contribution in [-0.4, -0.2) is 28.2 Å². The predicted molar refractivity (Wildman–Crippen MR) is 59.2 cm³/mol. The van der Waals surface area contributed by atoms with Gasteiger partial charge in [-0.15, -0.1) is 4.98 Å². The largest absolute Gasteiger partial charge is 0.464 e. The molecule has 0 unspecified atom stereocenters. The van der Waals surface area contributed by atoms with Gasteiger partial charge in [-0.2, -0.15) is 9.97 Å². The zero-order valence-corrected chi connectivity index (χ0v) is 9.56. The Morgan fingerprint density at radius 3 is 2.38 bits per heavy atom. The molecule has 0 aliphatic carbocycles. The van der Waals surface area contributed by atoms with Crippen LogP contribution in [0.15, 0.2) is 0 Å². The van der Waals surface area contributed by atoms with Crippen LogP contribution in [0.3, 0.4) is 0 Å². The lowest BCUT2D eigenvalue weighted by molar-refractivity contribution is 0.265. The van der Waals surface area contributed by atoms with Crippen molar-refractivity contribution in [3.63, 3.8) is 0 Å². The van der Waals surface area contributed by atoms with Crippen molar-refractivity contribution in [1.82, 2.24) is 15.0 Å². The van der Waals surface area contributed by atoms with Gasteiger partial charge in [-0.05, 0) is 13.3 Å². The van der Waals surface area contributed by atoms with Gasteiger partial charge in [0.1, 0.15) is 0 Å². The van der Waals surface area contributed by atoms with Crippen molar-refractivity contribution < 1.29 is 9.47 Å². The van der Waals surface area contributed by atoms with Gasteiger partial charge in [0.15, 0.2) is 0 Å². The number of nitrogens with two attached hydrogens (primary N) is 1. The Morgan fingerprint density at radius 1 is 1.12 bits per heavy atom. The summed E-state index contributed by atoms with van der Waals surface area (Å²) in [6, 6.07) is 0.428. The smallest absolute Gasteiger partial charge is 0.324 e. The molecule has 0 saturated carbocycles. The molecule has 0 atom stereocenters. The van der Waals surface area contributed by atoms with Gasteiger partial charge in [0, 0.05) is 0 Å². The molecule has 0 aliphatic heterocycles. The van der Waals surface area contributed by atoms with E-state index in [-0.39, 0.29) is 18.0 Å². The lowest BCUT2D eigenvalue weighted by atomic mass is 10.4. The normalized spacial score (nSPS) is 9.94. The van der Waals surface area contributed by atoms with Crippen LogP contribution in [0, 0.1) is 0 Å². The maximum Gasteiger partial charge on any atom is 0.324 e. The zero-order chi connectivity index (χ0) is 11.8. The Kier molecular flexibility index (Phi) is 5.27. The Balaban J connectivity index is 2.69. The molecular formula is C9H17N5O2. The topological polar surface area (TPSA) is 95.2 Å². The van der Waals surface area contributed by atoms with E-state index in [4.69, 9.17) is 15.3 Å². The van der Waals surface area contributed by atoms with E-state index >= 15 is 0 Å². The second-order valence-electron chi connectivity index (χ2n) is 3.00. The van der Waals surface area contributed by atoms with Gasteiger partial charge in [-0.1, -0.05) is 13.3 Å². The van der Waals surface area contributed by atoms with Crippen molar-refractivity contribution >= 4 is 5.95 Å². The summed E-state index contributed by atoms with van der Waals surface area (Å²) in [5.74, 6) is 5.45. The molecule has 0 spiro atoms. The summed E-state index contributed by atoms with van der Waals surface area (Å²) >= 11 is 0. The summed E-state index contributed by atoms with van der Waals surface area (Å²) in [6.07, 6.45) is 1.99. The number of ether oxygens (including phenoxy) is 2. The molecule has 7 heteroatoms. The minimum absolute atomic E-state index is 0.206. The van der Waals surface area contributed by atoms with E-state index in [9.17, 15) is 0 Å². The van der Waals surface area contributed by atoms with Crippen LogP contribution in [0.4, 0.5) is 5.95 Å². The summed E-state index contributed by atoms with van der Waals surface area (Å²) in [6.45, 7) is 4.96. The fourth-order valence-corrected chi connectivity index (χ4v) is 0.969. The van der Waals surface area contributed by atoms with Gasteiger partial charge >= 0.3 is 12.0 Å². The van der Waals surface area contributed by atoms with E-state index in [1.807, 2.05) is 6.92 Å². The maximum absolute atomic E-state index is 5.34. The molecule has 1 aromatic heterocycles. The fraction of sp³-hybridized carbons (Fsp3) is 0.667. The highest BCUT2D eigenvalue weighted by atomic mass is 16.5. The molecule has 7 nitrogen and oxygen atoms in total. The third-order valence-electron chi connectivity index (χ3n) is 1.73. The van der Waals surface area contributed by atoms with Crippen molar-refractivity contribution in [2.75, 3.05) is 18.6 Å². The van der Waals surface area contributed by atoms with Crippen molar-refractivity contribution in [2.24, 2.45) is 5.84 Å². The molecule has 0 fully saturated rings. The number of aromatic nitrogens is 3. The number of anilines is 1. The number of nitrogens with one attached hydrogen (secondary N) is 1. The number of hydrazine groups is 1. The lowest BCUT2D eigenvalue weighted by Gasteiger charge is -2.07. The molecule has 0 radical (unpaired) electrons. The average Bonchev–Trinajstić information content (AvgIpc) is 2.29. The maximum atomic E-state index is 5.34. The van der Waals surface area contributed by atoms with Crippen molar-refractivity contribution in [2.45, 2.75) is 26.7 Å². The predicted octanol–water partition coefficient (Wildman–Crippen LogP) is 0.735. The third-order valence-corrected chi connectivity index (χ3v) is 1.73. The molecule has 16 heavy (non-hydrogen) atoms. The molecule has 1 aromatic rings. The van der Waals surface area contributed by atoms with Crippen LogP contribution in [0.1, 0.15) is 26.7 Å². The van der Waals surface area contributed by atoms with Crippen molar-refractivity contribution in [3.8, 4) is 12.0 Å². The van der Waals surface area contributed by atoms with E-state index in [1.54, 1.807) is 0 Å². The molecule has 1 rings (SSSR count). The zero-order valence-electron chi connectivity index (χ0n) is 9.56. The molecule has 0 aromatic carbocycles. The van der Waals surface area contributed by atoms with Gasteiger partial charge in [0.25, 0.3) is 0 Å². The SMILES string of the molecule is CCCCOc1nc(NN)nc(OCC)n1. The van der Waals surface area contributed by atoms with Crippen LogP contribution in [0.5, 0.6) is 12.0 Å². The Bertz CT molecular complexity index is 321. The Hall–Kier alpha value is -1.63. The van der Waals surface area contributed by atoms with Gasteiger partial charge in [0.2, 0.25) is 5.95 Å². The first-order valence-electron chi connectivity index (χ1n) is 5.28. The lowest BCUT2D eigenvalue weighted by Crippen LogP contribution is -2.13. The quantitative estimate of drug-likeness (QED) is 0.403. The highest BCUT2D eigenvalue weighted by molar-refractivity contribution is 5.25. The van der Waals surface area contributed by atoms with E-state index in [0.29, 0.717) is 13.2 Å². The average molecular weight is 227 g/mol. The number of rotatable bonds is 7. The molecule has 3 N–H and O–H groups in total. The fourth-order valence-electron chi connectivity index (χ4n) is 0.969. The van der Waals surface area contributed by atoms with Crippen LogP contribution >= 0.6 is 0 Å². The van der Waals surface area contributed by atoms with Crippen molar-refractivity contribution in [1.29, 1.82) is 0 Å². The monoisotopic (exact) mass is 227 g/mol. The number of nitrogens with zero attached hydrogens (tertiary/aromatic N) is 3. The highest BCUT2D eigenvalue weighted by Gasteiger charge is 2.06. The first-order chi connectivity index (χ1) is 7.80. The number of unbranched alkanes of at least 4 members (excludes halogenated alkanes) is 1. The van der Waals surface area contributed by atoms with Crippen molar-refractivity contribution in [3.05, 3.63) is 0 Å². The summed E-state index contributed by atoms with van der Waals surface area (Å²) in [7, 11) is 0. The van der Waals surface area contributed by atoms with Gasteiger partial charge in [-0.25, -0.2) is 5.84 Å². The second kappa shape index (κ2) is 6.78. The van der Waals surface area contributed by atoms with Crippen LogP contribution in [0.25, 0.3) is 0 Å². The van der Waals surface area contributed by atoms with Crippen LogP contribution in [-0.2, 0) is 0 Å². The molecule has 0 amide bonds. The van der Waals surface area contributed by atoms with Gasteiger partial charge in [-0.3, -0.25) is 5.43 Å². The summed E-state index contributed by atoms with van der Waals surface area (Å²) in [5, 5.41) is 0. The first-order valence-corrected chi connectivity index (χ1v) is 5.28. The number of hydrogen-bond acceptors (Lipinski definition) is 7. The Labute approximate surface area is 94.4 Å². The summed E-state index contributed by atoms with van der Waals surface area (Å²) < 4.78 is 10.5. The molecule has 0 aliphatic rings. The number of hydrogen-bond donors (Lipinski definition) is 2. The highest BCUT2D eigenvalue weighted by Crippen LogP contribution is 2.12. The number of nitrogen functional groups attached to an aromatic ring is 1. The molecule has 0 saturated heterocycles. The molecular weight excluding hydrogens is 210 g/mol. The van der Waals surface area contributed by atoms with Gasteiger partial charge in [0.05, 0.1) is 13.2 Å². The van der Waals surface area contributed by atoms with E-state index in [2.05, 4.69) is 27.3 Å². The van der Waals surface area contributed by atoms with E-state index in [0.717, 1.165) is 12.8 Å². The van der Waals surface area contributed by atoms with Gasteiger partial charge < -0.3 is 9.47 Å². The summed E-state index contributed by atoms with van der Waals surface area (Å²) in [5.41, 5.74) is 2.33. The molecule has 0 bridgehead atoms. The van der Waals surface area contributed by atoms with Crippen LogP contribution in [0.2, 0.25) is 0 Å². The van der Waals surface area contributed by atoms with E-state index < -0.39 is 0 Å². The second-order valence-corrected chi connectivity index (χ2v) is 3.00. The first kappa shape index (κ1) is 12.4. The third kappa shape index (κ3) is 3.85. The summed E-state index contributed by atoms with van der Waals surface area (Å²) in [4.78, 5) is 11.8. The molecule has 1 heterocycles. The standard InChI is InChI=1S/C9H17N5O2/c1-3-5-6-16-9-12-7(14-10)11-8(13-9)15-4-2/h3-6,10H2,1-2H3,(H,11,12,13,14). The Morgan fingerprint density at radius 2 is 1.81 bits per heavy atom. The minimum atomic E-state index is 0.206. The van der Waals surface area contributed by atoms with Crippen LogP contribution < -0.4 is 20.7 Å². The van der Waals surface area contributed by atoms with E-state index in [1.165, 1.54) is 0 Å².